The molecule has 1 aliphatic rings. The van der Waals surface area contributed by atoms with Gasteiger partial charge >= 0.3 is 0 Å². The normalized spacial score (nSPS) is 17.4. The van der Waals surface area contributed by atoms with Crippen LogP contribution in [0.15, 0.2) is 29.4 Å². The Morgan fingerprint density at radius 3 is 2.09 bits per heavy atom. The fraction of sp³-hybridized carbons (Fsp3) is 0.632. The summed E-state index contributed by atoms with van der Waals surface area (Å²) in [5.74, 6) is 0. The fourth-order valence-electron chi connectivity index (χ4n) is 4.15. The van der Waals surface area contributed by atoms with Gasteiger partial charge in [-0.05, 0) is 41.4 Å². The molecule has 2 rings (SSSR count). The van der Waals surface area contributed by atoms with Gasteiger partial charge in [0.15, 0.2) is 0 Å². The SMILES string of the molecule is CC(C)[Si](O/N=C1\CCCc2ccccc21)(C(C)C)C(C)C. The predicted octanol–water partition coefficient (Wildman–Crippen LogP) is 5.92. The third kappa shape index (κ3) is 3.14. The van der Waals surface area contributed by atoms with Crippen molar-refractivity contribution in [3.8, 4) is 0 Å². The van der Waals surface area contributed by atoms with Gasteiger partial charge in [-0.2, -0.15) is 0 Å². The molecule has 22 heavy (non-hydrogen) atoms. The van der Waals surface area contributed by atoms with Crippen LogP contribution in [0, 0.1) is 0 Å². The minimum Gasteiger partial charge on any atom is -0.454 e. The second-order valence-corrected chi connectivity index (χ2v) is 12.8. The minimum atomic E-state index is -1.92. The van der Waals surface area contributed by atoms with Crippen LogP contribution in [0.1, 0.15) is 65.5 Å². The van der Waals surface area contributed by atoms with Gasteiger partial charge in [0, 0.05) is 5.56 Å². The summed E-state index contributed by atoms with van der Waals surface area (Å²) >= 11 is 0. The number of aryl methyl sites for hydroxylation is 1. The second kappa shape index (κ2) is 6.99. The molecule has 2 nitrogen and oxygen atoms in total. The van der Waals surface area contributed by atoms with Crippen molar-refractivity contribution >= 4 is 14.0 Å². The molecule has 1 aromatic carbocycles. The van der Waals surface area contributed by atoms with Crippen molar-refractivity contribution in [1.82, 2.24) is 0 Å². The van der Waals surface area contributed by atoms with Crippen LogP contribution in [0.4, 0.5) is 0 Å². The Balaban J connectivity index is 2.33. The highest BCUT2D eigenvalue weighted by molar-refractivity contribution is 6.77. The van der Waals surface area contributed by atoms with Crippen molar-refractivity contribution < 1.29 is 4.53 Å². The molecule has 1 aliphatic carbocycles. The van der Waals surface area contributed by atoms with E-state index in [4.69, 9.17) is 9.68 Å². The molecule has 0 amide bonds. The molecule has 0 spiro atoms. The Hall–Kier alpha value is -1.09. The highest BCUT2D eigenvalue weighted by Crippen LogP contribution is 2.42. The molecule has 0 radical (unpaired) electrons. The van der Waals surface area contributed by atoms with Crippen LogP contribution in [0.5, 0.6) is 0 Å². The summed E-state index contributed by atoms with van der Waals surface area (Å²) in [7, 11) is -1.92. The predicted molar refractivity (Wildman–Crippen MR) is 98.1 cm³/mol. The molecule has 0 atom stereocenters. The zero-order valence-electron chi connectivity index (χ0n) is 15.0. The third-order valence-corrected chi connectivity index (χ3v) is 11.0. The van der Waals surface area contributed by atoms with Crippen molar-refractivity contribution in [2.24, 2.45) is 5.16 Å². The molecule has 0 heterocycles. The quantitative estimate of drug-likeness (QED) is 0.488. The topological polar surface area (TPSA) is 21.6 Å². The van der Waals surface area contributed by atoms with Gasteiger partial charge in [-0.15, -0.1) is 5.16 Å². The van der Waals surface area contributed by atoms with E-state index >= 15 is 0 Å². The summed E-state index contributed by atoms with van der Waals surface area (Å²) in [5.41, 5.74) is 5.57. The highest BCUT2D eigenvalue weighted by atomic mass is 28.4. The molecule has 0 aliphatic heterocycles. The second-order valence-electron chi connectivity index (χ2n) is 7.46. The number of oxime groups is 1. The summed E-state index contributed by atoms with van der Waals surface area (Å²) in [4.78, 5) is 0. The third-order valence-electron chi connectivity index (χ3n) is 5.21. The molecular formula is C19H31NOSi. The lowest BCUT2D eigenvalue weighted by Crippen LogP contribution is -2.46. The summed E-state index contributed by atoms with van der Waals surface area (Å²) in [6.45, 7) is 13.8. The number of hydrogen-bond acceptors (Lipinski definition) is 2. The van der Waals surface area contributed by atoms with Gasteiger partial charge in [0.05, 0.1) is 5.71 Å². The lowest BCUT2D eigenvalue weighted by Gasteiger charge is -2.39. The molecule has 0 saturated heterocycles. The average Bonchev–Trinajstić information content (AvgIpc) is 2.47. The summed E-state index contributed by atoms with van der Waals surface area (Å²) in [5, 5.41) is 4.74. The molecule has 1 aromatic rings. The summed E-state index contributed by atoms with van der Waals surface area (Å²) in [6, 6.07) is 8.65. The number of benzene rings is 1. The van der Waals surface area contributed by atoms with Crippen LogP contribution in [-0.4, -0.2) is 14.0 Å². The first-order valence-corrected chi connectivity index (χ1v) is 10.9. The lowest BCUT2D eigenvalue weighted by molar-refractivity contribution is 0.295. The fourth-order valence-corrected chi connectivity index (χ4v) is 9.05. The van der Waals surface area contributed by atoms with Crippen LogP contribution in [0.2, 0.25) is 16.6 Å². The first-order chi connectivity index (χ1) is 10.4. The zero-order chi connectivity index (χ0) is 16.3. The Morgan fingerprint density at radius 2 is 1.50 bits per heavy atom. The molecule has 0 N–H and O–H groups in total. The Labute approximate surface area is 137 Å². The molecule has 0 aromatic heterocycles. The van der Waals surface area contributed by atoms with E-state index in [0.29, 0.717) is 16.6 Å². The van der Waals surface area contributed by atoms with Gasteiger partial charge in [-0.25, -0.2) is 0 Å². The maximum absolute atomic E-state index is 6.44. The lowest BCUT2D eigenvalue weighted by atomic mass is 9.90. The molecule has 0 unspecified atom stereocenters. The first-order valence-electron chi connectivity index (χ1n) is 8.72. The largest absolute Gasteiger partial charge is 0.454 e. The number of nitrogens with zero attached hydrogens (tertiary/aromatic N) is 1. The Kier molecular flexibility index (Phi) is 5.49. The van der Waals surface area contributed by atoms with E-state index in [1.165, 1.54) is 17.5 Å². The smallest absolute Gasteiger partial charge is 0.295 e. The molecule has 122 valence electrons. The highest BCUT2D eigenvalue weighted by Gasteiger charge is 2.48. The van der Waals surface area contributed by atoms with Gasteiger partial charge < -0.3 is 4.53 Å². The number of hydrogen-bond donors (Lipinski definition) is 0. The van der Waals surface area contributed by atoms with Crippen LogP contribution in [-0.2, 0) is 10.9 Å². The Bertz CT molecular complexity index is 512. The van der Waals surface area contributed by atoms with Crippen molar-refractivity contribution in [1.29, 1.82) is 0 Å². The van der Waals surface area contributed by atoms with Crippen molar-refractivity contribution in [3.63, 3.8) is 0 Å². The van der Waals surface area contributed by atoms with E-state index in [9.17, 15) is 0 Å². The van der Waals surface area contributed by atoms with E-state index in [1.54, 1.807) is 0 Å². The van der Waals surface area contributed by atoms with E-state index < -0.39 is 8.32 Å². The molecular weight excluding hydrogens is 286 g/mol. The summed E-state index contributed by atoms with van der Waals surface area (Å²) < 4.78 is 6.44. The van der Waals surface area contributed by atoms with E-state index in [2.05, 4.69) is 65.8 Å². The van der Waals surface area contributed by atoms with Crippen molar-refractivity contribution in [2.45, 2.75) is 77.4 Å². The Morgan fingerprint density at radius 1 is 0.909 bits per heavy atom. The van der Waals surface area contributed by atoms with E-state index in [1.807, 2.05) is 0 Å². The number of rotatable bonds is 5. The van der Waals surface area contributed by atoms with Gasteiger partial charge in [0.1, 0.15) is 0 Å². The molecule has 0 saturated carbocycles. The zero-order valence-corrected chi connectivity index (χ0v) is 16.0. The van der Waals surface area contributed by atoms with Crippen molar-refractivity contribution in [3.05, 3.63) is 35.4 Å². The minimum absolute atomic E-state index is 0.565. The van der Waals surface area contributed by atoms with Crippen LogP contribution < -0.4 is 0 Å². The standard InChI is InChI=1S/C19H31NOSi/c1-14(2)22(15(3)4,16(5)6)21-20-19-13-9-11-17-10-7-8-12-18(17)19/h7-8,10,12,14-16H,9,11,13H2,1-6H3/b20-19+. The van der Waals surface area contributed by atoms with Crippen LogP contribution >= 0.6 is 0 Å². The average molecular weight is 318 g/mol. The van der Waals surface area contributed by atoms with Crippen LogP contribution in [0.3, 0.4) is 0 Å². The first kappa shape index (κ1) is 17.3. The maximum Gasteiger partial charge on any atom is 0.295 e. The number of fused-ring (bicyclic) bond motifs is 1. The van der Waals surface area contributed by atoms with E-state index in [-0.39, 0.29) is 0 Å². The van der Waals surface area contributed by atoms with Gasteiger partial charge in [-0.3, -0.25) is 0 Å². The molecule has 0 fully saturated rings. The van der Waals surface area contributed by atoms with E-state index in [0.717, 1.165) is 18.6 Å². The monoisotopic (exact) mass is 317 g/mol. The molecule has 0 bridgehead atoms. The van der Waals surface area contributed by atoms with Crippen molar-refractivity contribution in [2.75, 3.05) is 0 Å². The van der Waals surface area contributed by atoms with Gasteiger partial charge in [0.2, 0.25) is 0 Å². The summed E-state index contributed by atoms with van der Waals surface area (Å²) in [6.07, 6.45) is 3.38. The molecule has 3 heteroatoms. The van der Waals surface area contributed by atoms with Gasteiger partial charge in [-0.1, -0.05) is 65.8 Å². The van der Waals surface area contributed by atoms with Gasteiger partial charge in [0.25, 0.3) is 8.32 Å². The van der Waals surface area contributed by atoms with Crippen LogP contribution in [0.25, 0.3) is 0 Å². The maximum atomic E-state index is 6.44.